The van der Waals surface area contributed by atoms with Crippen LogP contribution < -0.4 is 20.3 Å². The Labute approximate surface area is 304 Å². The summed E-state index contributed by atoms with van der Waals surface area (Å²) < 4.78 is 11.0. The first-order chi connectivity index (χ1) is 24.6. The maximum atomic E-state index is 15.5. The molecule has 1 aromatic heterocycles. The number of carbonyl (C=O) groups excluding carboxylic acids is 4. The van der Waals surface area contributed by atoms with Crippen LogP contribution in [-0.4, -0.2) is 64.7 Å². The van der Waals surface area contributed by atoms with Crippen LogP contribution in [0.15, 0.2) is 91.6 Å². The maximum Gasteiger partial charge on any atom is 0.408 e. The number of amides is 4. The smallest absolute Gasteiger partial charge is 0.408 e. The Kier molecular flexibility index (Phi) is 9.42. The number of methoxy groups -OCH3 is 1. The van der Waals surface area contributed by atoms with Crippen LogP contribution in [0, 0.1) is 5.41 Å². The van der Waals surface area contributed by atoms with Gasteiger partial charge in [0.05, 0.1) is 7.11 Å². The predicted molar refractivity (Wildman–Crippen MR) is 201 cm³/mol. The molecule has 0 saturated carbocycles. The molecule has 1 fully saturated rings. The molecule has 4 atom stereocenters. The minimum absolute atomic E-state index is 0.0863. The van der Waals surface area contributed by atoms with Gasteiger partial charge in [0.25, 0.3) is 0 Å². The van der Waals surface area contributed by atoms with Gasteiger partial charge < -0.3 is 30.0 Å². The molecular weight excluding hydrogens is 658 g/mol. The molecule has 0 radical (unpaired) electrons. The monoisotopic (exact) mass is 705 g/mol. The average molecular weight is 706 g/mol. The number of allylic oxidation sites excluding steroid dienone is 1. The lowest BCUT2D eigenvalue weighted by Gasteiger charge is -2.45. The zero-order chi connectivity index (χ0) is 37.6. The van der Waals surface area contributed by atoms with E-state index in [1.54, 1.807) is 57.0 Å². The van der Waals surface area contributed by atoms with E-state index in [1.165, 1.54) is 11.8 Å². The molecule has 272 valence electrons. The van der Waals surface area contributed by atoms with E-state index in [1.807, 2.05) is 74.7 Å². The SMILES string of the molecule is C=CC(C)(C)[C@]12C[C@@H](C(=O)Nc3ccc(OC)cc3)N(C(=O)[C@H](Cc3c[nH]c4ccccc34)NC(=O)OC(C)(C)C)[C@H]1N(C(C)=O)c1ccccc12. The van der Waals surface area contributed by atoms with Crippen molar-refractivity contribution in [3.05, 3.63) is 103 Å². The topological polar surface area (TPSA) is 133 Å². The van der Waals surface area contributed by atoms with E-state index in [4.69, 9.17) is 9.47 Å². The van der Waals surface area contributed by atoms with Crippen molar-refractivity contribution >= 4 is 46.1 Å². The second-order valence-electron chi connectivity index (χ2n) is 15.1. The van der Waals surface area contributed by atoms with E-state index >= 15 is 4.79 Å². The molecule has 3 heterocycles. The van der Waals surface area contributed by atoms with E-state index in [2.05, 4.69) is 22.2 Å². The molecule has 3 N–H and O–H groups in total. The number of anilines is 2. The van der Waals surface area contributed by atoms with Gasteiger partial charge in [-0.1, -0.05) is 56.3 Å². The highest BCUT2D eigenvalue weighted by atomic mass is 16.6. The lowest BCUT2D eigenvalue weighted by molar-refractivity contribution is -0.141. The van der Waals surface area contributed by atoms with Gasteiger partial charge in [-0.2, -0.15) is 0 Å². The first kappa shape index (κ1) is 36.2. The van der Waals surface area contributed by atoms with Crippen molar-refractivity contribution in [1.82, 2.24) is 15.2 Å². The zero-order valence-electron chi connectivity index (χ0n) is 30.8. The van der Waals surface area contributed by atoms with Gasteiger partial charge in [0.1, 0.15) is 29.6 Å². The highest BCUT2D eigenvalue weighted by Gasteiger charge is 2.69. The van der Waals surface area contributed by atoms with Crippen molar-refractivity contribution in [2.75, 3.05) is 17.3 Å². The molecule has 0 bridgehead atoms. The Bertz CT molecular complexity index is 2030. The number of nitrogens with one attached hydrogen (secondary N) is 3. The summed E-state index contributed by atoms with van der Waals surface area (Å²) >= 11 is 0. The second-order valence-corrected chi connectivity index (χ2v) is 15.1. The average Bonchev–Trinajstić information content (AvgIpc) is 3.76. The molecule has 0 aliphatic carbocycles. The van der Waals surface area contributed by atoms with E-state index in [-0.39, 0.29) is 18.7 Å². The number of hydrogen-bond acceptors (Lipinski definition) is 6. The van der Waals surface area contributed by atoms with Crippen LogP contribution in [0.25, 0.3) is 10.9 Å². The molecule has 0 unspecified atom stereocenters. The van der Waals surface area contributed by atoms with Gasteiger partial charge in [0.15, 0.2) is 0 Å². The number of aromatic nitrogens is 1. The number of likely N-dealkylation sites (tertiary alicyclic amines) is 1. The third-order valence-electron chi connectivity index (χ3n) is 10.4. The minimum Gasteiger partial charge on any atom is -0.497 e. The van der Waals surface area contributed by atoms with Gasteiger partial charge in [-0.3, -0.25) is 19.3 Å². The Morgan fingerprint density at radius 2 is 1.67 bits per heavy atom. The quantitative estimate of drug-likeness (QED) is 0.166. The molecule has 2 aliphatic heterocycles. The molecule has 1 saturated heterocycles. The van der Waals surface area contributed by atoms with Crippen molar-refractivity contribution in [3.63, 3.8) is 0 Å². The van der Waals surface area contributed by atoms with Gasteiger partial charge in [0.2, 0.25) is 17.7 Å². The number of fused-ring (bicyclic) bond motifs is 4. The maximum absolute atomic E-state index is 15.5. The third-order valence-corrected chi connectivity index (χ3v) is 10.4. The van der Waals surface area contributed by atoms with Crippen LogP contribution in [0.5, 0.6) is 5.75 Å². The number of hydrogen-bond donors (Lipinski definition) is 3. The van der Waals surface area contributed by atoms with Gasteiger partial charge in [-0.15, -0.1) is 6.58 Å². The first-order valence-electron chi connectivity index (χ1n) is 17.5. The van der Waals surface area contributed by atoms with Gasteiger partial charge in [-0.05, 0) is 80.1 Å². The number of benzene rings is 3. The summed E-state index contributed by atoms with van der Waals surface area (Å²) in [5, 5.41) is 6.75. The van der Waals surface area contributed by atoms with Gasteiger partial charge in [-0.25, -0.2) is 4.79 Å². The Balaban J connectivity index is 1.52. The number of ether oxygens (including phenoxy) is 2. The lowest BCUT2D eigenvalue weighted by Crippen LogP contribution is -2.62. The lowest BCUT2D eigenvalue weighted by atomic mass is 9.60. The summed E-state index contributed by atoms with van der Waals surface area (Å²) in [5.74, 6) is -0.631. The summed E-state index contributed by atoms with van der Waals surface area (Å²) in [6.07, 6.45) is 2.20. The second kappa shape index (κ2) is 13.5. The van der Waals surface area contributed by atoms with Crippen LogP contribution in [-0.2, 0) is 31.0 Å². The van der Waals surface area contributed by atoms with Crippen LogP contribution in [0.3, 0.4) is 0 Å². The fourth-order valence-corrected chi connectivity index (χ4v) is 7.91. The van der Waals surface area contributed by atoms with Crippen LogP contribution in [0.4, 0.5) is 16.2 Å². The molecule has 3 aromatic carbocycles. The molecule has 52 heavy (non-hydrogen) atoms. The van der Waals surface area contributed by atoms with Crippen LogP contribution in [0.1, 0.15) is 59.1 Å². The summed E-state index contributed by atoms with van der Waals surface area (Å²) in [6, 6.07) is 20.0. The largest absolute Gasteiger partial charge is 0.497 e. The summed E-state index contributed by atoms with van der Waals surface area (Å²) in [7, 11) is 1.56. The molecule has 2 aliphatic rings. The predicted octanol–water partition coefficient (Wildman–Crippen LogP) is 6.69. The zero-order valence-corrected chi connectivity index (χ0v) is 30.8. The fraction of sp³-hybridized carbons (Fsp3) is 0.366. The highest BCUT2D eigenvalue weighted by molar-refractivity contribution is 6.03. The number of rotatable bonds is 9. The van der Waals surface area contributed by atoms with Crippen molar-refractivity contribution < 1.29 is 28.7 Å². The number of nitrogens with zero attached hydrogens (tertiary/aromatic N) is 2. The Morgan fingerprint density at radius 3 is 2.33 bits per heavy atom. The molecule has 11 heteroatoms. The molecule has 11 nitrogen and oxygen atoms in total. The number of carbonyl (C=O) groups is 4. The third kappa shape index (κ3) is 6.29. The number of aromatic amines is 1. The van der Waals surface area contributed by atoms with E-state index < -0.39 is 52.6 Å². The molecule has 6 rings (SSSR count). The van der Waals surface area contributed by atoms with Crippen molar-refractivity contribution in [3.8, 4) is 5.75 Å². The van der Waals surface area contributed by atoms with E-state index in [9.17, 15) is 14.4 Å². The Morgan fingerprint density at radius 1 is 1.00 bits per heavy atom. The summed E-state index contributed by atoms with van der Waals surface area (Å²) in [4.78, 5) is 63.7. The summed E-state index contributed by atoms with van der Waals surface area (Å²) in [5.41, 5.74) is 1.16. The number of H-pyrrole nitrogens is 1. The number of alkyl carbamates (subject to hydrolysis) is 1. The fourth-order valence-electron chi connectivity index (χ4n) is 7.91. The van der Waals surface area contributed by atoms with E-state index in [0.29, 0.717) is 17.1 Å². The van der Waals surface area contributed by atoms with Crippen molar-refractivity contribution in [1.29, 1.82) is 0 Å². The van der Waals surface area contributed by atoms with Crippen molar-refractivity contribution in [2.45, 2.75) is 83.6 Å². The standard InChI is InChI=1S/C41H47N5O6/c1-9-40(6,7)41-23-34(35(48)43-27-18-20-28(51-8)21-19-27)46(37(41)45(25(2)47)33-17-13-11-15-30(33)41)36(49)32(44-38(50)52-39(3,4)5)22-26-24-42-31-16-12-10-14-29(26)31/h9-21,24,32,34,37,42H,1,22-23H2,2-8H3,(H,43,48)(H,44,50)/t32-,34-,37+,41-/m0/s1. The molecular formula is C41H47N5O6. The first-order valence-corrected chi connectivity index (χ1v) is 17.5. The normalized spacial score (nSPS) is 20.1. The van der Waals surface area contributed by atoms with Crippen molar-refractivity contribution in [2.24, 2.45) is 5.41 Å². The Hall–Kier alpha value is -5.58. The molecule has 4 amide bonds. The van der Waals surface area contributed by atoms with Gasteiger partial charge in [0, 0.05) is 47.2 Å². The van der Waals surface area contributed by atoms with Crippen LogP contribution in [0.2, 0.25) is 0 Å². The number of para-hydroxylation sites is 2. The van der Waals surface area contributed by atoms with Crippen LogP contribution >= 0.6 is 0 Å². The van der Waals surface area contributed by atoms with E-state index in [0.717, 1.165) is 22.0 Å². The molecule has 0 spiro atoms. The van der Waals surface area contributed by atoms with Gasteiger partial charge >= 0.3 is 6.09 Å². The minimum atomic E-state index is -1.18. The highest BCUT2D eigenvalue weighted by Crippen LogP contribution is 2.62. The molecule has 4 aromatic rings. The summed E-state index contributed by atoms with van der Waals surface area (Å²) in [6.45, 7) is 14.9.